The summed E-state index contributed by atoms with van der Waals surface area (Å²) >= 11 is 0. The zero-order valence-electron chi connectivity index (χ0n) is 8.56. The van der Waals surface area contributed by atoms with E-state index >= 15 is 0 Å². The van der Waals surface area contributed by atoms with Gasteiger partial charge in [-0.05, 0) is 5.92 Å². The van der Waals surface area contributed by atoms with E-state index in [9.17, 15) is 13.2 Å². The van der Waals surface area contributed by atoms with Crippen LogP contribution in [0.2, 0.25) is 0 Å². The van der Waals surface area contributed by atoms with Crippen molar-refractivity contribution in [1.29, 1.82) is 0 Å². The van der Waals surface area contributed by atoms with Gasteiger partial charge in [0.1, 0.15) is 0 Å². The third-order valence-electron chi connectivity index (χ3n) is 2.50. The molecule has 14 heavy (non-hydrogen) atoms. The Kier molecular flexibility index (Phi) is 3.78. The monoisotopic (exact) mass is 210 g/mol. The molecule has 84 valence electrons. The molecule has 0 aromatic carbocycles. The third kappa shape index (κ3) is 3.84. The van der Waals surface area contributed by atoms with Gasteiger partial charge in [0.2, 0.25) is 0 Å². The van der Waals surface area contributed by atoms with Crippen molar-refractivity contribution >= 4 is 0 Å². The molecule has 2 nitrogen and oxygen atoms in total. The smallest absolute Gasteiger partial charge is 0.311 e. The van der Waals surface area contributed by atoms with Crippen LogP contribution in [0.4, 0.5) is 13.2 Å². The zero-order valence-corrected chi connectivity index (χ0v) is 8.56. The van der Waals surface area contributed by atoms with Crippen molar-refractivity contribution < 1.29 is 13.2 Å². The van der Waals surface area contributed by atoms with Crippen molar-refractivity contribution in [3.63, 3.8) is 0 Å². The topological polar surface area (TPSA) is 15.3 Å². The number of hydrogen-bond acceptors (Lipinski definition) is 2. The minimum atomic E-state index is -4.07. The summed E-state index contributed by atoms with van der Waals surface area (Å²) < 4.78 is 36.3. The van der Waals surface area contributed by atoms with Gasteiger partial charge in [-0.2, -0.15) is 13.2 Å². The van der Waals surface area contributed by atoms with Gasteiger partial charge in [-0.1, -0.05) is 13.8 Å². The second kappa shape index (κ2) is 4.49. The highest BCUT2D eigenvalue weighted by atomic mass is 19.4. The summed E-state index contributed by atoms with van der Waals surface area (Å²) in [6, 6.07) is 0.186. The van der Waals surface area contributed by atoms with E-state index in [1.807, 2.05) is 13.8 Å². The Morgan fingerprint density at radius 1 is 1.43 bits per heavy atom. The highest BCUT2D eigenvalue weighted by molar-refractivity contribution is 4.81. The first-order valence-corrected chi connectivity index (χ1v) is 4.91. The standard InChI is InChI=1S/C9H17F3N2/c1-7(2)8-5-14(4-3-13-8)6-9(10,11)12/h7-8,13H,3-6H2,1-2H3/t8-/m1/s1. The number of nitrogens with zero attached hydrogens (tertiary/aromatic N) is 1. The van der Waals surface area contributed by atoms with Gasteiger partial charge in [-0.25, -0.2) is 0 Å². The summed E-state index contributed by atoms with van der Waals surface area (Å²) in [5, 5.41) is 3.23. The summed E-state index contributed by atoms with van der Waals surface area (Å²) in [6.45, 7) is 4.90. The maximum Gasteiger partial charge on any atom is 0.401 e. The maximum atomic E-state index is 12.1. The van der Waals surface area contributed by atoms with E-state index in [0.717, 1.165) is 0 Å². The molecule has 0 unspecified atom stereocenters. The van der Waals surface area contributed by atoms with Crippen molar-refractivity contribution in [2.75, 3.05) is 26.2 Å². The number of hydrogen-bond donors (Lipinski definition) is 1. The van der Waals surface area contributed by atoms with Gasteiger partial charge in [-0.3, -0.25) is 4.90 Å². The van der Waals surface area contributed by atoms with Crippen LogP contribution in [0.15, 0.2) is 0 Å². The van der Waals surface area contributed by atoms with Crippen LogP contribution in [0, 0.1) is 5.92 Å². The van der Waals surface area contributed by atoms with Crippen molar-refractivity contribution in [1.82, 2.24) is 10.2 Å². The second-order valence-electron chi connectivity index (χ2n) is 4.15. The molecule has 0 aromatic rings. The second-order valence-corrected chi connectivity index (χ2v) is 4.15. The molecule has 5 heteroatoms. The van der Waals surface area contributed by atoms with E-state index in [1.165, 1.54) is 4.90 Å². The first-order valence-electron chi connectivity index (χ1n) is 4.91. The van der Waals surface area contributed by atoms with Crippen molar-refractivity contribution in [3.8, 4) is 0 Å². The number of piperazine rings is 1. The van der Waals surface area contributed by atoms with Gasteiger partial charge in [-0.15, -0.1) is 0 Å². The normalized spacial score (nSPS) is 25.7. The molecule has 1 rings (SSSR count). The predicted molar refractivity (Wildman–Crippen MR) is 49.1 cm³/mol. The molecular formula is C9H17F3N2. The highest BCUT2D eigenvalue weighted by Crippen LogP contribution is 2.18. The van der Waals surface area contributed by atoms with Gasteiger partial charge < -0.3 is 5.32 Å². The van der Waals surface area contributed by atoms with Gasteiger partial charge in [0.25, 0.3) is 0 Å². The van der Waals surface area contributed by atoms with Crippen molar-refractivity contribution in [3.05, 3.63) is 0 Å². The fourth-order valence-electron chi connectivity index (χ4n) is 1.69. The molecule has 1 heterocycles. The van der Waals surface area contributed by atoms with E-state index in [1.54, 1.807) is 0 Å². The van der Waals surface area contributed by atoms with Crippen LogP contribution < -0.4 is 5.32 Å². The Hall–Kier alpha value is -0.290. The van der Waals surface area contributed by atoms with Crippen LogP contribution in [0.25, 0.3) is 0 Å². The van der Waals surface area contributed by atoms with E-state index in [4.69, 9.17) is 0 Å². The number of halogens is 3. The van der Waals surface area contributed by atoms with Crippen LogP contribution in [0.5, 0.6) is 0 Å². The molecular weight excluding hydrogens is 193 g/mol. The largest absolute Gasteiger partial charge is 0.401 e. The predicted octanol–water partition coefficient (Wildman–Crippen LogP) is 1.48. The van der Waals surface area contributed by atoms with Crippen LogP contribution in [-0.4, -0.2) is 43.3 Å². The van der Waals surface area contributed by atoms with Gasteiger partial charge in [0.15, 0.2) is 0 Å². The summed E-state index contributed by atoms with van der Waals surface area (Å²) in [5.41, 5.74) is 0. The molecule has 0 aromatic heterocycles. The third-order valence-corrected chi connectivity index (χ3v) is 2.50. The Balaban J connectivity index is 2.40. The van der Waals surface area contributed by atoms with E-state index in [2.05, 4.69) is 5.32 Å². The molecule has 0 saturated carbocycles. The minimum absolute atomic E-state index is 0.186. The van der Waals surface area contributed by atoms with Crippen molar-refractivity contribution in [2.24, 2.45) is 5.92 Å². The molecule has 0 spiro atoms. The molecule has 0 aliphatic carbocycles. The lowest BCUT2D eigenvalue weighted by Crippen LogP contribution is -2.54. The summed E-state index contributed by atoms with van der Waals surface area (Å²) in [5.74, 6) is 0.381. The summed E-state index contributed by atoms with van der Waals surface area (Å²) in [4.78, 5) is 1.47. The molecule has 1 atom stereocenters. The molecule has 1 N–H and O–H groups in total. The summed E-state index contributed by atoms with van der Waals surface area (Å²) in [7, 11) is 0. The SMILES string of the molecule is CC(C)[C@H]1CN(CC(F)(F)F)CCN1. The maximum absolute atomic E-state index is 12.1. The minimum Gasteiger partial charge on any atom is -0.311 e. The Morgan fingerprint density at radius 2 is 2.07 bits per heavy atom. The lowest BCUT2D eigenvalue weighted by atomic mass is 10.0. The van der Waals surface area contributed by atoms with E-state index in [-0.39, 0.29) is 6.04 Å². The number of rotatable bonds is 2. The first-order chi connectivity index (χ1) is 6.38. The Labute approximate surface area is 82.5 Å². The molecule has 1 saturated heterocycles. The highest BCUT2D eigenvalue weighted by Gasteiger charge is 2.33. The summed E-state index contributed by atoms with van der Waals surface area (Å²) in [6.07, 6.45) is -4.07. The number of nitrogens with one attached hydrogen (secondary N) is 1. The van der Waals surface area contributed by atoms with Gasteiger partial charge in [0, 0.05) is 25.7 Å². The lowest BCUT2D eigenvalue weighted by molar-refractivity contribution is -0.148. The van der Waals surface area contributed by atoms with Gasteiger partial charge >= 0.3 is 6.18 Å². The van der Waals surface area contributed by atoms with Crippen LogP contribution in [0.1, 0.15) is 13.8 Å². The quantitative estimate of drug-likeness (QED) is 0.742. The first kappa shape index (κ1) is 11.8. The molecule has 0 amide bonds. The number of alkyl halides is 3. The van der Waals surface area contributed by atoms with Crippen molar-refractivity contribution in [2.45, 2.75) is 26.1 Å². The lowest BCUT2D eigenvalue weighted by Gasteiger charge is -2.35. The fraction of sp³-hybridized carbons (Fsp3) is 1.00. The van der Waals surface area contributed by atoms with Crippen LogP contribution in [0.3, 0.4) is 0 Å². The van der Waals surface area contributed by atoms with E-state index in [0.29, 0.717) is 25.6 Å². The molecule has 1 aliphatic heterocycles. The fourth-order valence-corrected chi connectivity index (χ4v) is 1.69. The van der Waals surface area contributed by atoms with Crippen LogP contribution >= 0.6 is 0 Å². The average molecular weight is 210 g/mol. The Bertz CT molecular complexity index is 179. The molecule has 0 radical (unpaired) electrons. The Morgan fingerprint density at radius 3 is 2.57 bits per heavy atom. The molecule has 1 aliphatic rings. The molecule has 0 bridgehead atoms. The van der Waals surface area contributed by atoms with Crippen LogP contribution in [-0.2, 0) is 0 Å². The van der Waals surface area contributed by atoms with Gasteiger partial charge in [0.05, 0.1) is 6.54 Å². The zero-order chi connectivity index (χ0) is 10.8. The molecule has 1 fully saturated rings. The van der Waals surface area contributed by atoms with E-state index < -0.39 is 12.7 Å². The average Bonchev–Trinajstić information content (AvgIpc) is 2.01.